The molecule has 6 unspecified atom stereocenters. The first-order valence-electron chi connectivity index (χ1n) is 47.9. The third-order valence-electron chi connectivity index (χ3n) is 30.6. The number of nitrogens with zero attached hydrogens (tertiary/aromatic N) is 11. The van der Waals surface area contributed by atoms with Crippen molar-refractivity contribution in [3.63, 3.8) is 0 Å². The van der Waals surface area contributed by atoms with Gasteiger partial charge in [-0.25, -0.2) is 51.9 Å². The summed E-state index contributed by atoms with van der Waals surface area (Å²) in [5.74, 6) is 3.17. The lowest BCUT2D eigenvalue weighted by atomic mass is 10.0. The summed E-state index contributed by atoms with van der Waals surface area (Å²) in [6.45, 7) is 19.8. The highest BCUT2D eigenvalue weighted by molar-refractivity contribution is 5.82. The van der Waals surface area contributed by atoms with Gasteiger partial charge in [0.1, 0.15) is 51.5 Å². The van der Waals surface area contributed by atoms with Crippen LogP contribution in [0.4, 0.5) is 54.7 Å². The highest BCUT2D eigenvalue weighted by Crippen LogP contribution is 2.56. The van der Waals surface area contributed by atoms with Gasteiger partial charge in [0, 0.05) is 61.7 Å². The van der Waals surface area contributed by atoms with Gasteiger partial charge >= 0.3 is 18.3 Å². The number of likely N-dealkylation sites (tertiary alicyclic amines) is 3. The van der Waals surface area contributed by atoms with Crippen molar-refractivity contribution in [2.24, 2.45) is 23.7 Å². The fraction of sp³-hybridized carbons (Fsp3) is 0.574. The van der Waals surface area contributed by atoms with Gasteiger partial charge in [-0.1, -0.05) is 49.9 Å². The smallest absolute Gasteiger partial charge is 0.411 e. The molecule has 22 nitrogen and oxygen atoms in total. The molecule has 12 fully saturated rings. The van der Waals surface area contributed by atoms with Gasteiger partial charge in [-0.15, -0.1) is 0 Å². The van der Waals surface area contributed by atoms with Crippen molar-refractivity contribution in [2.45, 2.75) is 319 Å². The van der Waals surface area contributed by atoms with Crippen LogP contribution in [0.15, 0.2) is 97.1 Å². The van der Waals surface area contributed by atoms with Crippen LogP contribution in [-0.4, -0.2) is 140 Å². The molecule has 0 bridgehead atoms. The lowest BCUT2D eigenvalue weighted by molar-refractivity contribution is 0.0120. The molecule has 4 aliphatic carbocycles. The molecule has 127 heavy (non-hydrogen) atoms. The number of hydrogen-bond donors (Lipinski definition) is 5. The van der Waals surface area contributed by atoms with Crippen molar-refractivity contribution in [3.8, 4) is 0 Å². The Kier molecular flexibility index (Phi) is 21.7. The van der Waals surface area contributed by atoms with Gasteiger partial charge < -0.3 is 59.1 Å². The van der Waals surface area contributed by atoms with E-state index in [1.54, 1.807) is 12.1 Å². The zero-order chi connectivity index (χ0) is 87.4. The number of halogens is 4. The van der Waals surface area contributed by atoms with E-state index in [-0.39, 0.29) is 96.1 Å². The summed E-state index contributed by atoms with van der Waals surface area (Å²) in [6.07, 6.45) is 25.1. The minimum atomic E-state index is -0.612. The van der Waals surface area contributed by atoms with Crippen molar-refractivity contribution >= 4 is 85.2 Å². The van der Waals surface area contributed by atoms with Crippen molar-refractivity contribution in [3.05, 3.63) is 166 Å². The average molecular weight is 1730 g/mol. The van der Waals surface area contributed by atoms with Gasteiger partial charge in [0.2, 0.25) is 0 Å². The van der Waals surface area contributed by atoms with Gasteiger partial charge in [0.05, 0.1) is 92.5 Å². The molecule has 8 saturated heterocycles. The largest absolute Gasteiger partial charge is 0.444 e. The number of nitrogens with one attached hydrogen (secondary N) is 5. The minimum absolute atomic E-state index is 0.0570. The molecule has 10 aromatic rings. The zero-order valence-corrected chi connectivity index (χ0v) is 75.1. The van der Waals surface area contributed by atoms with Crippen LogP contribution >= 0.6 is 0 Å². The number of aromatic amines is 4. The molecule has 6 aromatic carbocycles. The SMILES string of the molecule is CC(C)(C)OC(=O)N1C2CCCC2C[C@H]1c1nc2ccc(C3CC[C@H](c4ccc5nc([C@@H]6C[C@@H]7CCC[C@@H]7N6C(=O)OC(C)(C)C)[nH]c5c4)N3c3cc(F)c(N4CCCCC4)c(F)c3)cc2[nH]1.CC(C)(C)OC(=O)N1[C@H](c2nc3ccc([C@H]4CCC(c5ccc6nc([C@@H]7CC8CCCC8N7)[nH]c6c5)N4c4cc(F)c(N5CCCCC5)c(F)c4)cc3[nH]2)C[C@@H]2CCC[C@@H]21. The molecule has 4 saturated carbocycles. The Morgan fingerprint density at radius 1 is 0.339 bits per heavy atom. The summed E-state index contributed by atoms with van der Waals surface area (Å²) < 4.78 is 83.3. The van der Waals surface area contributed by atoms with Crippen molar-refractivity contribution < 1.29 is 46.2 Å². The number of fused-ring (bicyclic) bond motifs is 8. The summed E-state index contributed by atoms with van der Waals surface area (Å²) >= 11 is 0. The van der Waals surface area contributed by atoms with Gasteiger partial charge in [-0.3, -0.25) is 14.7 Å². The van der Waals surface area contributed by atoms with E-state index in [2.05, 4.69) is 89.6 Å². The van der Waals surface area contributed by atoms with E-state index in [9.17, 15) is 14.4 Å². The van der Waals surface area contributed by atoms with Crippen LogP contribution < -0.4 is 24.9 Å². The summed E-state index contributed by atoms with van der Waals surface area (Å²) in [5.41, 5.74) is 10.5. The second-order valence-electron chi connectivity index (χ2n) is 42.2. The van der Waals surface area contributed by atoms with E-state index < -0.39 is 40.1 Å². The third kappa shape index (κ3) is 16.0. The maximum atomic E-state index is 16.4. The number of ether oxygens (including phenoxy) is 3. The Bertz CT molecular complexity index is 5630. The quantitative estimate of drug-likeness (QED) is 0.0566. The molecule has 12 aliphatic rings. The number of benzene rings is 6. The summed E-state index contributed by atoms with van der Waals surface area (Å²) in [7, 11) is 0. The number of aromatic nitrogens is 8. The van der Waals surface area contributed by atoms with Crippen LogP contribution in [-0.2, 0) is 14.2 Å². The molecule has 4 aromatic heterocycles. The molecular formula is C101H124F4N16O6. The maximum absolute atomic E-state index is 16.4. The maximum Gasteiger partial charge on any atom is 0.411 e. The lowest BCUT2D eigenvalue weighted by Gasteiger charge is -2.35. The molecule has 0 spiro atoms. The number of rotatable bonds is 12. The number of carbonyl (C=O) groups is 3. The first-order chi connectivity index (χ1) is 61.1. The van der Waals surface area contributed by atoms with Crippen LogP contribution in [0.5, 0.6) is 0 Å². The second kappa shape index (κ2) is 32.8. The fourth-order valence-electron chi connectivity index (χ4n) is 25.2. The van der Waals surface area contributed by atoms with Crippen molar-refractivity contribution in [2.75, 3.05) is 45.8 Å². The highest BCUT2D eigenvalue weighted by atomic mass is 19.1. The van der Waals surface area contributed by atoms with E-state index >= 15 is 17.6 Å². The number of H-pyrrole nitrogens is 4. The van der Waals surface area contributed by atoms with E-state index in [1.165, 1.54) is 31.4 Å². The molecule has 672 valence electrons. The Morgan fingerprint density at radius 3 is 0.953 bits per heavy atom. The normalized spacial score (nSPS) is 28.5. The second-order valence-corrected chi connectivity index (χ2v) is 42.2. The first-order valence-corrected chi connectivity index (χ1v) is 47.9. The van der Waals surface area contributed by atoms with Gasteiger partial charge in [0.25, 0.3) is 0 Å². The number of carbonyl (C=O) groups excluding carboxylic acids is 3. The number of hydrogen-bond acceptors (Lipinski definition) is 15. The van der Waals surface area contributed by atoms with E-state index in [0.29, 0.717) is 61.3 Å². The van der Waals surface area contributed by atoms with Crippen molar-refractivity contribution in [1.29, 1.82) is 0 Å². The van der Waals surface area contributed by atoms with Gasteiger partial charge in [0.15, 0.2) is 23.3 Å². The molecule has 26 heteroatoms. The summed E-state index contributed by atoms with van der Waals surface area (Å²) in [4.78, 5) is 90.0. The third-order valence-corrected chi connectivity index (χ3v) is 30.6. The molecular weight excluding hydrogens is 1610 g/mol. The standard InChI is InChI=1S/C53H66F2N8O4.C48H58F2N8O2/c1-52(2,3)66-50(64)62-41-14-10-12-30(41)26-45(62)48-56-37-18-16-32(24-39(37)58-48)43-20-21-44(61(43)34-28-35(54)47(36(55)29-34)60-22-8-7-9-23-60)33-17-19-38-40(25-33)59-49(57-38)46-27-31-13-11-15-42(31)63(46)51(65)67-53(4,5)6;1-48(2,3)60-47(59)58-40-12-8-10-28(40)24-43(58)46-53-36-16-14-30(23-38(36)55-46)42-18-17-41(57(42)31-25-32(49)44(33(50)26-31)56-19-5-4-6-20-56)29-13-15-35-37(22-29)54-45(52-35)39-21-27-9-7-11-34(27)51-39/h16-19,24-25,28-31,41-46H,7-15,20-23,26-27H2,1-6H3,(H,56,58)(H,57,59);13-16,22-23,25-28,34,39-43,51H,4-12,17-21,24H2,1-3H3,(H,52,54)(H,53,55)/t30-,31?,41-,42?,43+,44?,45-,46-;27?,28-,34?,39-,40-,41?,42+,43-/m00/s1. The summed E-state index contributed by atoms with van der Waals surface area (Å²) in [6, 6.07) is 31.4. The van der Waals surface area contributed by atoms with Crippen LogP contribution in [0, 0.1) is 46.9 Å². The first kappa shape index (κ1) is 83.8. The average Bonchev–Trinajstić information content (AvgIpc) is 1.62. The highest BCUT2D eigenvalue weighted by Gasteiger charge is 2.53. The molecule has 0 radical (unpaired) electrons. The van der Waals surface area contributed by atoms with E-state index in [1.807, 2.05) is 105 Å². The van der Waals surface area contributed by atoms with Gasteiger partial charge in [-0.2, -0.15) is 0 Å². The van der Waals surface area contributed by atoms with Crippen molar-refractivity contribution in [1.82, 2.24) is 59.9 Å². The minimum Gasteiger partial charge on any atom is -0.444 e. The molecule has 22 rings (SSSR count). The van der Waals surface area contributed by atoms with E-state index in [0.717, 1.165) is 243 Å². The zero-order valence-electron chi connectivity index (χ0n) is 75.1. The van der Waals surface area contributed by atoms with Crippen LogP contribution in [0.3, 0.4) is 0 Å². The Morgan fingerprint density at radius 2 is 0.638 bits per heavy atom. The Balaban J connectivity index is 0.000000156. The number of imidazole rings is 4. The molecule has 5 N–H and O–H groups in total. The molecule has 8 aliphatic heterocycles. The number of amides is 3. The molecule has 16 atom stereocenters. The van der Waals surface area contributed by atoms with Crippen LogP contribution in [0.1, 0.15) is 323 Å². The van der Waals surface area contributed by atoms with Gasteiger partial charge in [-0.05, 0) is 322 Å². The monoisotopic (exact) mass is 1730 g/mol. The molecule has 12 heterocycles. The lowest BCUT2D eigenvalue weighted by Crippen LogP contribution is -2.41. The molecule has 3 amide bonds. The predicted molar refractivity (Wildman–Crippen MR) is 485 cm³/mol. The Labute approximate surface area is 741 Å². The van der Waals surface area contributed by atoms with Crippen LogP contribution in [0.25, 0.3) is 44.1 Å². The topological polar surface area (TPSA) is 228 Å². The predicted octanol–water partition coefficient (Wildman–Crippen LogP) is 23.3. The van der Waals surface area contributed by atoms with Crippen LogP contribution in [0.2, 0.25) is 0 Å². The fourth-order valence-corrected chi connectivity index (χ4v) is 25.2. The number of anilines is 4. The Hall–Kier alpha value is -10.1. The number of piperidine rings is 2. The summed E-state index contributed by atoms with van der Waals surface area (Å²) in [5, 5.41) is 3.84. The van der Waals surface area contributed by atoms with E-state index in [4.69, 9.17) is 34.1 Å².